The molecule has 1 aliphatic carbocycles. The maximum absolute atomic E-state index is 15.2. The van der Waals surface area contributed by atoms with Gasteiger partial charge >= 0.3 is 0 Å². The van der Waals surface area contributed by atoms with Crippen molar-refractivity contribution in [2.24, 2.45) is 5.92 Å². The highest BCUT2D eigenvalue weighted by Crippen LogP contribution is 2.36. The van der Waals surface area contributed by atoms with E-state index in [4.69, 9.17) is 0 Å². The second-order valence-corrected chi connectivity index (χ2v) is 11.2. The Bertz CT molecular complexity index is 1300. The summed E-state index contributed by atoms with van der Waals surface area (Å²) >= 11 is 0. The largest absolute Gasteiger partial charge is 0.206 e. The molecule has 1 aliphatic rings. The van der Waals surface area contributed by atoms with E-state index < -0.39 is 11.6 Å². The maximum Gasteiger partial charge on any atom is 0.166 e. The highest BCUT2D eigenvalue weighted by Gasteiger charge is 2.18. The number of unbranched alkanes of at least 4 members (excludes halogenated alkanes) is 5. The average molecular weight is 545 g/mol. The molecule has 0 bridgehead atoms. The molecule has 3 aromatic carbocycles. The van der Waals surface area contributed by atoms with Gasteiger partial charge in [0.15, 0.2) is 11.6 Å². The van der Waals surface area contributed by atoms with Gasteiger partial charge in [0.1, 0.15) is 5.82 Å². The van der Waals surface area contributed by atoms with Gasteiger partial charge in [0, 0.05) is 11.1 Å². The molecule has 0 saturated carbocycles. The van der Waals surface area contributed by atoms with Crippen molar-refractivity contribution in [2.45, 2.75) is 90.9 Å². The molecule has 212 valence electrons. The highest BCUT2D eigenvalue weighted by atomic mass is 19.2. The lowest BCUT2D eigenvalue weighted by Gasteiger charge is -2.22. The fourth-order valence-corrected chi connectivity index (χ4v) is 5.81. The van der Waals surface area contributed by atoms with Gasteiger partial charge in [-0.15, -0.1) is 0 Å². The van der Waals surface area contributed by atoms with Crippen LogP contribution in [0, 0.1) is 23.4 Å². The SMILES string of the molecule is C/C=C\CCCc1ccc(-c2ccc(-c3ccc(C4=CCC(CCCCCCC)CC4)c(F)c3)cc2)c(F)c1F. The molecular formula is C37H43F3. The van der Waals surface area contributed by atoms with Gasteiger partial charge in [-0.05, 0) is 85.3 Å². The van der Waals surface area contributed by atoms with Crippen molar-refractivity contribution in [1.29, 1.82) is 0 Å². The van der Waals surface area contributed by atoms with Gasteiger partial charge in [0.05, 0.1) is 0 Å². The fraction of sp³-hybridized carbons (Fsp3) is 0.405. The molecule has 0 saturated heterocycles. The van der Waals surface area contributed by atoms with E-state index in [1.54, 1.807) is 30.3 Å². The van der Waals surface area contributed by atoms with Gasteiger partial charge in [-0.3, -0.25) is 0 Å². The summed E-state index contributed by atoms with van der Waals surface area (Å²) in [5.74, 6) is -1.06. The normalized spacial score (nSPS) is 15.5. The molecule has 0 nitrogen and oxygen atoms in total. The predicted octanol–water partition coefficient (Wildman–Crippen LogP) is 11.9. The molecule has 0 amide bonds. The van der Waals surface area contributed by atoms with Gasteiger partial charge < -0.3 is 0 Å². The zero-order valence-corrected chi connectivity index (χ0v) is 24.1. The summed E-state index contributed by atoms with van der Waals surface area (Å²) in [4.78, 5) is 0. The molecule has 3 heteroatoms. The molecule has 0 fully saturated rings. The number of halogens is 3. The van der Waals surface area contributed by atoms with Crippen LogP contribution in [0.5, 0.6) is 0 Å². The van der Waals surface area contributed by atoms with Crippen molar-refractivity contribution in [3.05, 3.63) is 101 Å². The Morgan fingerprint density at radius 2 is 1.50 bits per heavy atom. The van der Waals surface area contributed by atoms with Crippen LogP contribution < -0.4 is 0 Å². The van der Waals surface area contributed by atoms with Gasteiger partial charge in [-0.1, -0.05) is 112 Å². The maximum atomic E-state index is 15.2. The predicted molar refractivity (Wildman–Crippen MR) is 164 cm³/mol. The van der Waals surface area contributed by atoms with E-state index in [-0.39, 0.29) is 11.4 Å². The minimum atomic E-state index is -0.814. The van der Waals surface area contributed by atoms with E-state index in [2.05, 4.69) is 13.0 Å². The minimum Gasteiger partial charge on any atom is -0.206 e. The minimum absolute atomic E-state index is 0.205. The topological polar surface area (TPSA) is 0 Å². The molecule has 40 heavy (non-hydrogen) atoms. The van der Waals surface area contributed by atoms with Crippen LogP contribution in [0.2, 0.25) is 0 Å². The Labute approximate surface area is 239 Å². The summed E-state index contributed by atoms with van der Waals surface area (Å²) in [5, 5.41) is 0. The van der Waals surface area contributed by atoms with Gasteiger partial charge in [-0.25, -0.2) is 13.2 Å². The third-order valence-corrected chi connectivity index (χ3v) is 8.29. The first-order chi connectivity index (χ1) is 19.5. The van der Waals surface area contributed by atoms with E-state index in [0.717, 1.165) is 54.7 Å². The Hall–Kier alpha value is -3.07. The Morgan fingerprint density at radius 1 is 0.775 bits per heavy atom. The zero-order chi connectivity index (χ0) is 28.3. The van der Waals surface area contributed by atoms with Gasteiger partial charge in [0.2, 0.25) is 0 Å². The van der Waals surface area contributed by atoms with E-state index in [0.29, 0.717) is 23.1 Å². The summed E-state index contributed by atoms with van der Waals surface area (Å²) in [5.41, 5.74) is 4.68. The zero-order valence-electron chi connectivity index (χ0n) is 24.1. The van der Waals surface area contributed by atoms with Crippen LogP contribution >= 0.6 is 0 Å². The van der Waals surface area contributed by atoms with Crippen LogP contribution in [0.1, 0.15) is 95.6 Å². The number of rotatable bonds is 13. The Balaban J connectivity index is 1.39. The number of allylic oxidation sites excluding steroid dienone is 4. The molecular weight excluding hydrogens is 501 g/mol. The molecule has 0 N–H and O–H groups in total. The molecule has 0 heterocycles. The van der Waals surface area contributed by atoms with Crippen molar-refractivity contribution in [1.82, 2.24) is 0 Å². The molecule has 4 rings (SSSR count). The number of benzene rings is 3. The van der Waals surface area contributed by atoms with Gasteiger partial charge in [-0.2, -0.15) is 0 Å². The summed E-state index contributed by atoms with van der Waals surface area (Å²) in [6, 6.07) is 16.0. The molecule has 0 radical (unpaired) electrons. The molecule has 1 atom stereocenters. The molecule has 0 aromatic heterocycles. The smallest absolute Gasteiger partial charge is 0.166 e. The van der Waals surface area contributed by atoms with E-state index in [9.17, 15) is 8.78 Å². The lowest BCUT2D eigenvalue weighted by molar-refractivity contribution is 0.423. The standard InChI is InChI=1S/C37H43F3/c1-3-5-7-9-10-12-27-14-16-29(17-15-27)33-24-23-32(26-35(33)38)28-18-20-30(21-19-28)34-25-22-31(36(39)37(34)40)13-11-8-6-4-2/h4,6,16,18-27H,3,5,7-15,17H2,1-2H3/b6-4-. The van der Waals surface area contributed by atoms with Crippen LogP contribution in [0.25, 0.3) is 27.8 Å². The monoisotopic (exact) mass is 544 g/mol. The van der Waals surface area contributed by atoms with E-state index in [1.165, 1.54) is 38.5 Å². The number of hydrogen-bond donors (Lipinski definition) is 0. The van der Waals surface area contributed by atoms with Crippen LogP contribution in [0.15, 0.2) is 72.8 Å². The van der Waals surface area contributed by atoms with Crippen molar-refractivity contribution in [3.8, 4) is 22.3 Å². The third kappa shape index (κ3) is 7.77. The Morgan fingerprint density at radius 3 is 2.20 bits per heavy atom. The van der Waals surface area contributed by atoms with Crippen LogP contribution in [-0.4, -0.2) is 0 Å². The van der Waals surface area contributed by atoms with E-state index in [1.807, 2.05) is 43.3 Å². The molecule has 3 aromatic rings. The number of aryl methyl sites for hydroxylation is 1. The molecule has 0 aliphatic heterocycles. The lowest BCUT2D eigenvalue weighted by atomic mass is 9.83. The first kappa shape index (κ1) is 29.9. The second kappa shape index (κ2) is 15.1. The number of hydrogen-bond acceptors (Lipinski definition) is 0. The summed E-state index contributed by atoms with van der Waals surface area (Å²) in [6.07, 6.45) is 19.3. The first-order valence-electron chi connectivity index (χ1n) is 15.2. The van der Waals surface area contributed by atoms with E-state index >= 15 is 4.39 Å². The molecule has 1 unspecified atom stereocenters. The fourth-order valence-electron chi connectivity index (χ4n) is 5.81. The quantitative estimate of drug-likeness (QED) is 0.148. The van der Waals surface area contributed by atoms with Crippen LogP contribution in [-0.2, 0) is 6.42 Å². The van der Waals surface area contributed by atoms with Crippen LogP contribution in [0.4, 0.5) is 13.2 Å². The van der Waals surface area contributed by atoms with Crippen molar-refractivity contribution in [3.63, 3.8) is 0 Å². The second-order valence-electron chi connectivity index (χ2n) is 11.2. The van der Waals surface area contributed by atoms with Crippen molar-refractivity contribution < 1.29 is 13.2 Å². The highest BCUT2D eigenvalue weighted by molar-refractivity contribution is 5.74. The van der Waals surface area contributed by atoms with Crippen LogP contribution in [0.3, 0.4) is 0 Å². The van der Waals surface area contributed by atoms with Crippen molar-refractivity contribution in [2.75, 3.05) is 0 Å². The summed E-state index contributed by atoms with van der Waals surface area (Å²) in [6.45, 7) is 4.20. The lowest BCUT2D eigenvalue weighted by Crippen LogP contribution is -2.06. The van der Waals surface area contributed by atoms with Gasteiger partial charge in [0.25, 0.3) is 0 Å². The Kier molecular flexibility index (Phi) is 11.3. The van der Waals surface area contributed by atoms with Crippen molar-refractivity contribution >= 4 is 5.57 Å². The third-order valence-electron chi connectivity index (χ3n) is 8.29. The molecule has 0 spiro atoms. The summed E-state index contributed by atoms with van der Waals surface area (Å²) in [7, 11) is 0. The first-order valence-corrected chi connectivity index (χ1v) is 15.2. The average Bonchev–Trinajstić information content (AvgIpc) is 2.98. The summed E-state index contributed by atoms with van der Waals surface area (Å²) < 4.78 is 44.8.